The molecule has 1 N–H and O–H groups in total. The van der Waals surface area contributed by atoms with Gasteiger partial charge in [-0.25, -0.2) is 4.98 Å². The van der Waals surface area contributed by atoms with E-state index in [0.717, 1.165) is 29.5 Å². The van der Waals surface area contributed by atoms with E-state index in [1.807, 2.05) is 30.5 Å². The van der Waals surface area contributed by atoms with Crippen LogP contribution < -0.4 is 10.2 Å². The van der Waals surface area contributed by atoms with Gasteiger partial charge in [-0.05, 0) is 37.1 Å². The first-order chi connectivity index (χ1) is 10.1. The number of nitrogens with zero attached hydrogens (tertiary/aromatic N) is 2. The SMILES string of the molecule is CCCNc1cc(N(C)C(C)c2cccc(Cl)c2)ccn1. The minimum atomic E-state index is 0.241. The Hall–Kier alpha value is -1.74. The fourth-order valence-corrected chi connectivity index (χ4v) is 2.40. The van der Waals surface area contributed by atoms with Crippen LogP contribution in [-0.4, -0.2) is 18.6 Å². The molecule has 0 saturated heterocycles. The van der Waals surface area contributed by atoms with E-state index < -0.39 is 0 Å². The van der Waals surface area contributed by atoms with Gasteiger partial charge in [0.05, 0.1) is 6.04 Å². The highest BCUT2D eigenvalue weighted by atomic mass is 35.5. The monoisotopic (exact) mass is 303 g/mol. The highest BCUT2D eigenvalue weighted by Gasteiger charge is 2.13. The lowest BCUT2D eigenvalue weighted by Gasteiger charge is -2.27. The van der Waals surface area contributed by atoms with Gasteiger partial charge in [0.2, 0.25) is 0 Å². The molecule has 1 unspecified atom stereocenters. The van der Waals surface area contributed by atoms with E-state index >= 15 is 0 Å². The lowest BCUT2D eigenvalue weighted by Crippen LogP contribution is -2.21. The number of aromatic nitrogens is 1. The highest BCUT2D eigenvalue weighted by Crippen LogP contribution is 2.27. The maximum absolute atomic E-state index is 6.08. The minimum Gasteiger partial charge on any atom is -0.370 e. The molecular weight excluding hydrogens is 282 g/mol. The summed E-state index contributed by atoms with van der Waals surface area (Å²) in [5.41, 5.74) is 2.33. The van der Waals surface area contributed by atoms with Crippen molar-refractivity contribution in [3.63, 3.8) is 0 Å². The molecule has 0 amide bonds. The highest BCUT2D eigenvalue weighted by molar-refractivity contribution is 6.30. The molecule has 0 aliphatic heterocycles. The van der Waals surface area contributed by atoms with Gasteiger partial charge in [0.1, 0.15) is 5.82 Å². The first-order valence-corrected chi connectivity index (χ1v) is 7.68. The van der Waals surface area contributed by atoms with E-state index in [0.29, 0.717) is 0 Å². The molecule has 0 aliphatic rings. The van der Waals surface area contributed by atoms with E-state index in [1.165, 1.54) is 5.56 Å². The molecular formula is C17H22ClN3. The van der Waals surface area contributed by atoms with Gasteiger partial charge in [-0.1, -0.05) is 30.7 Å². The molecule has 0 saturated carbocycles. The summed E-state index contributed by atoms with van der Waals surface area (Å²) in [6.07, 6.45) is 2.93. The Morgan fingerprint density at radius 1 is 1.29 bits per heavy atom. The molecule has 21 heavy (non-hydrogen) atoms. The lowest BCUT2D eigenvalue weighted by atomic mass is 10.1. The van der Waals surface area contributed by atoms with Crippen LogP contribution in [0.25, 0.3) is 0 Å². The molecule has 0 spiro atoms. The summed E-state index contributed by atoms with van der Waals surface area (Å²) in [5.74, 6) is 0.916. The molecule has 0 aliphatic carbocycles. The summed E-state index contributed by atoms with van der Waals surface area (Å²) in [6, 6.07) is 12.4. The van der Waals surface area contributed by atoms with E-state index in [1.54, 1.807) is 0 Å². The lowest BCUT2D eigenvalue weighted by molar-refractivity contribution is 0.739. The van der Waals surface area contributed by atoms with E-state index in [2.05, 4.69) is 48.2 Å². The van der Waals surface area contributed by atoms with Crippen LogP contribution in [0.4, 0.5) is 11.5 Å². The van der Waals surface area contributed by atoms with Crippen LogP contribution in [0.3, 0.4) is 0 Å². The molecule has 2 aromatic rings. The molecule has 0 radical (unpaired) electrons. The van der Waals surface area contributed by atoms with Crippen LogP contribution in [0.1, 0.15) is 31.9 Å². The molecule has 0 fully saturated rings. The van der Waals surface area contributed by atoms with Crippen LogP contribution >= 0.6 is 11.6 Å². The second kappa shape index (κ2) is 7.32. The Labute approximate surface area is 132 Å². The van der Waals surface area contributed by atoms with E-state index in [4.69, 9.17) is 11.6 Å². The van der Waals surface area contributed by atoms with Gasteiger partial charge in [0, 0.05) is 36.6 Å². The number of hydrogen-bond acceptors (Lipinski definition) is 3. The van der Waals surface area contributed by atoms with Gasteiger partial charge < -0.3 is 10.2 Å². The van der Waals surface area contributed by atoms with Crippen molar-refractivity contribution >= 4 is 23.1 Å². The van der Waals surface area contributed by atoms with Crippen molar-refractivity contribution in [3.8, 4) is 0 Å². The predicted octanol–water partition coefficient (Wildman–Crippen LogP) is 4.75. The van der Waals surface area contributed by atoms with Crippen molar-refractivity contribution in [1.29, 1.82) is 0 Å². The zero-order valence-corrected chi connectivity index (χ0v) is 13.6. The molecule has 112 valence electrons. The smallest absolute Gasteiger partial charge is 0.127 e. The Kier molecular flexibility index (Phi) is 5.45. The van der Waals surface area contributed by atoms with Gasteiger partial charge >= 0.3 is 0 Å². The van der Waals surface area contributed by atoms with Crippen molar-refractivity contribution < 1.29 is 0 Å². The summed E-state index contributed by atoms with van der Waals surface area (Å²) in [6.45, 7) is 5.25. The fourth-order valence-electron chi connectivity index (χ4n) is 2.20. The van der Waals surface area contributed by atoms with Crippen molar-refractivity contribution in [2.45, 2.75) is 26.3 Å². The normalized spacial score (nSPS) is 12.0. The third-order valence-corrected chi connectivity index (χ3v) is 3.85. The first kappa shape index (κ1) is 15.6. The maximum Gasteiger partial charge on any atom is 0.127 e. The Morgan fingerprint density at radius 2 is 2.10 bits per heavy atom. The van der Waals surface area contributed by atoms with E-state index in [-0.39, 0.29) is 6.04 Å². The quantitative estimate of drug-likeness (QED) is 0.834. The van der Waals surface area contributed by atoms with Gasteiger partial charge in [-0.3, -0.25) is 0 Å². The van der Waals surface area contributed by atoms with Crippen LogP contribution in [0, 0.1) is 0 Å². The zero-order chi connectivity index (χ0) is 15.2. The van der Waals surface area contributed by atoms with Gasteiger partial charge in [-0.2, -0.15) is 0 Å². The Morgan fingerprint density at radius 3 is 2.81 bits per heavy atom. The van der Waals surface area contributed by atoms with Crippen LogP contribution in [0.2, 0.25) is 5.02 Å². The molecule has 4 heteroatoms. The number of pyridine rings is 1. The number of benzene rings is 1. The fraction of sp³-hybridized carbons (Fsp3) is 0.353. The second-order valence-corrected chi connectivity index (χ2v) is 5.60. The summed E-state index contributed by atoms with van der Waals surface area (Å²) in [4.78, 5) is 6.57. The molecule has 3 nitrogen and oxygen atoms in total. The van der Waals surface area contributed by atoms with Crippen molar-refractivity contribution in [3.05, 3.63) is 53.2 Å². The molecule has 1 aromatic carbocycles. The standard InChI is InChI=1S/C17H22ClN3/c1-4-9-19-17-12-16(8-10-20-17)21(3)13(2)14-6-5-7-15(18)11-14/h5-8,10-13H,4,9H2,1-3H3,(H,19,20). The van der Waals surface area contributed by atoms with Crippen LogP contribution in [0.5, 0.6) is 0 Å². The van der Waals surface area contributed by atoms with Gasteiger partial charge in [-0.15, -0.1) is 0 Å². The van der Waals surface area contributed by atoms with Gasteiger partial charge in [0.25, 0.3) is 0 Å². The van der Waals surface area contributed by atoms with Crippen molar-refractivity contribution in [1.82, 2.24) is 4.98 Å². The number of halogens is 1. The second-order valence-electron chi connectivity index (χ2n) is 5.17. The Balaban J connectivity index is 2.17. The molecule has 1 atom stereocenters. The van der Waals surface area contributed by atoms with Crippen LogP contribution in [0.15, 0.2) is 42.6 Å². The van der Waals surface area contributed by atoms with Gasteiger partial charge in [0.15, 0.2) is 0 Å². The topological polar surface area (TPSA) is 28.2 Å². The molecule has 2 rings (SSSR count). The number of rotatable bonds is 6. The number of hydrogen-bond donors (Lipinski definition) is 1. The first-order valence-electron chi connectivity index (χ1n) is 7.30. The van der Waals surface area contributed by atoms with E-state index in [9.17, 15) is 0 Å². The van der Waals surface area contributed by atoms with Crippen LogP contribution in [-0.2, 0) is 0 Å². The summed E-state index contributed by atoms with van der Waals surface area (Å²) in [7, 11) is 2.09. The Bertz CT molecular complexity index is 586. The molecule has 1 aromatic heterocycles. The van der Waals surface area contributed by atoms with Crippen molar-refractivity contribution in [2.75, 3.05) is 23.8 Å². The molecule has 1 heterocycles. The number of nitrogens with one attached hydrogen (secondary N) is 1. The minimum absolute atomic E-state index is 0.241. The third kappa shape index (κ3) is 4.11. The van der Waals surface area contributed by atoms with Crippen molar-refractivity contribution in [2.24, 2.45) is 0 Å². The summed E-state index contributed by atoms with van der Waals surface area (Å²) in [5, 5.41) is 4.09. The average molecular weight is 304 g/mol. The predicted molar refractivity (Wildman–Crippen MR) is 91.3 cm³/mol. The third-order valence-electron chi connectivity index (χ3n) is 3.62. The largest absolute Gasteiger partial charge is 0.370 e. The molecule has 0 bridgehead atoms. The maximum atomic E-state index is 6.08. The summed E-state index contributed by atoms with van der Waals surface area (Å²) < 4.78 is 0. The number of anilines is 2. The average Bonchev–Trinajstić information content (AvgIpc) is 2.51. The summed E-state index contributed by atoms with van der Waals surface area (Å²) >= 11 is 6.08. The zero-order valence-electron chi connectivity index (χ0n) is 12.8.